The molecule has 7 heteroatoms. The minimum Gasteiger partial charge on any atom is -0.356 e. The second kappa shape index (κ2) is 10.5. The Bertz CT molecular complexity index is 860. The van der Waals surface area contributed by atoms with Gasteiger partial charge in [0.25, 0.3) is 0 Å². The van der Waals surface area contributed by atoms with Crippen LogP contribution in [-0.4, -0.2) is 41.5 Å². The highest BCUT2D eigenvalue weighted by atomic mass is 127. The Hall–Kier alpha value is -1.80. The van der Waals surface area contributed by atoms with Crippen LogP contribution in [0.4, 0.5) is 0 Å². The highest BCUT2D eigenvalue weighted by Crippen LogP contribution is 2.16. The number of guanidine groups is 1. The molecule has 5 nitrogen and oxygen atoms in total. The highest BCUT2D eigenvalue weighted by Gasteiger charge is 2.08. The average Bonchev–Trinajstić information content (AvgIpc) is 3.06. The number of nitrogens with one attached hydrogen (secondary N) is 2. The van der Waals surface area contributed by atoms with Gasteiger partial charge in [0.05, 0.1) is 11.0 Å². The lowest BCUT2D eigenvalue weighted by atomic mass is 10.2. The van der Waals surface area contributed by atoms with E-state index in [1.54, 1.807) is 7.05 Å². The third-order valence-corrected chi connectivity index (χ3v) is 4.62. The van der Waals surface area contributed by atoms with E-state index < -0.39 is 0 Å². The third-order valence-electron chi connectivity index (χ3n) is 4.25. The lowest BCUT2D eigenvalue weighted by molar-refractivity contribution is 0.475. The SMILES string of the molecule is CN=C(NCCCc1nc2ccccc2[nH]1)N(C)Cc1ccccc1Cl.I. The van der Waals surface area contributed by atoms with Gasteiger partial charge in [0, 0.05) is 38.6 Å². The molecule has 3 rings (SSSR count). The van der Waals surface area contributed by atoms with Crippen molar-refractivity contribution in [2.24, 2.45) is 4.99 Å². The summed E-state index contributed by atoms with van der Waals surface area (Å²) in [5, 5.41) is 4.18. The smallest absolute Gasteiger partial charge is 0.193 e. The Kier molecular flexibility index (Phi) is 8.37. The minimum atomic E-state index is 0. The molecule has 0 spiro atoms. The van der Waals surface area contributed by atoms with Crippen LogP contribution in [0.25, 0.3) is 11.0 Å². The van der Waals surface area contributed by atoms with E-state index in [-0.39, 0.29) is 24.0 Å². The predicted molar refractivity (Wildman–Crippen MR) is 124 cm³/mol. The minimum absolute atomic E-state index is 0. The molecule has 1 heterocycles. The van der Waals surface area contributed by atoms with Crippen molar-refractivity contribution in [3.63, 3.8) is 0 Å². The molecule has 1 aromatic heterocycles. The molecule has 2 N–H and O–H groups in total. The topological polar surface area (TPSA) is 56.3 Å². The van der Waals surface area contributed by atoms with Gasteiger partial charge in [0.2, 0.25) is 0 Å². The van der Waals surface area contributed by atoms with E-state index in [2.05, 4.69) is 31.2 Å². The number of halogens is 2. The van der Waals surface area contributed by atoms with Crippen molar-refractivity contribution >= 4 is 52.6 Å². The van der Waals surface area contributed by atoms with E-state index >= 15 is 0 Å². The molecular formula is C20H25ClIN5. The van der Waals surface area contributed by atoms with Crippen LogP contribution in [-0.2, 0) is 13.0 Å². The first-order valence-electron chi connectivity index (χ1n) is 8.76. The number of aromatic nitrogens is 2. The summed E-state index contributed by atoms with van der Waals surface area (Å²) in [5.41, 5.74) is 3.19. The van der Waals surface area contributed by atoms with Crippen LogP contribution < -0.4 is 5.32 Å². The zero-order valence-electron chi connectivity index (χ0n) is 15.6. The van der Waals surface area contributed by atoms with E-state index in [9.17, 15) is 0 Å². The Morgan fingerprint density at radius 1 is 1.19 bits per heavy atom. The number of nitrogens with zero attached hydrogens (tertiary/aromatic N) is 3. The van der Waals surface area contributed by atoms with Gasteiger partial charge >= 0.3 is 0 Å². The van der Waals surface area contributed by atoms with Gasteiger partial charge in [-0.1, -0.05) is 41.9 Å². The van der Waals surface area contributed by atoms with Crippen LogP contribution >= 0.6 is 35.6 Å². The zero-order chi connectivity index (χ0) is 18.4. The van der Waals surface area contributed by atoms with Gasteiger partial charge in [-0.2, -0.15) is 0 Å². The number of rotatable bonds is 6. The molecule has 0 bridgehead atoms. The predicted octanol–water partition coefficient (Wildman–Crippen LogP) is 4.47. The molecule has 0 aliphatic heterocycles. The van der Waals surface area contributed by atoms with Gasteiger partial charge in [0.15, 0.2) is 5.96 Å². The molecule has 0 saturated carbocycles. The summed E-state index contributed by atoms with van der Waals surface area (Å²) in [6.45, 7) is 1.54. The van der Waals surface area contributed by atoms with Crippen molar-refractivity contribution in [1.82, 2.24) is 20.2 Å². The fourth-order valence-corrected chi connectivity index (χ4v) is 3.12. The maximum Gasteiger partial charge on any atom is 0.193 e. The van der Waals surface area contributed by atoms with Gasteiger partial charge < -0.3 is 15.2 Å². The molecule has 3 aromatic rings. The number of imidazole rings is 1. The first-order chi connectivity index (χ1) is 12.7. The zero-order valence-corrected chi connectivity index (χ0v) is 18.7. The fraction of sp³-hybridized carbons (Fsp3) is 0.300. The number of H-pyrrole nitrogens is 1. The normalized spacial score (nSPS) is 11.3. The summed E-state index contributed by atoms with van der Waals surface area (Å²) < 4.78 is 0. The van der Waals surface area contributed by atoms with E-state index in [4.69, 9.17) is 11.6 Å². The summed E-state index contributed by atoms with van der Waals surface area (Å²) in [7, 11) is 3.81. The molecule has 0 saturated heterocycles. The highest BCUT2D eigenvalue weighted by molar-refractivity contribution is 14.0. The van der Waals surface area contributed by atoms with Gasteiger partial charge in [-0.3, -0.25) is 4.99 Å². The van der Waals surface area contributed by atoms with Crippen LogP contribution in [0.2, 0.25) is 5.02 Å². The summed E-state index contributed by atoms with van der Waals surface area (Å²) in [6.07, 6.45) is 1.87. The van der Waals surface area contributed by atoms with Crippen molar-refractivity contribution < 1.29 is 0 Å². The largest absolute Gasteiger partial charge is 0.356 e. The molecule has 2 aromatic carbocycles. The third kappa shape index (κ3) is 5.84. The van der Waals surface area contributed by atoms with Crippen LogP contribution in [0.15, 0.2) is 53.5 Å². The summed E-state index contributed by atoms with van der Waals surface area (Å²) in [4.78, 5) is 14.4. The maximum atomic E-state index is 6.25. The fourth-order valence-electron chi connectivity index (χ4n) is 2.92. The number of para-hydroxylation sites is 2. The van der Waals surface area contributed by atoms with E-state index in [1.165, 1.54) is 0 Å². The Labute approximate surface area is 182 Å². The van der Waals surface area contributed by atoms with Gasteiger partial charge in [-0.25, -0.2) is 4.98 Å². The maximum absolute atomic E-state index is 6.25. The standard InChI is InChI=1S/C20H24ClN5.HI/c1-22-20(26(2)14-15-8-3-4-9-16(15)21)23-13-7-12-19-24-17-10-5-6-11-18(17)25-19;/h3-6,8-11H,7,12-14H2,1-2H3,(H,22,23)(H,24,25);1H. The quantitative estimate of drug-likeness (QED) is 0.229. The summed E-state index contributed by atoms with van der Waals surface area (Å²) in [5.74, 6) is 1.88. The Morgan fingerprint density at radius 2 is 1.93 bits per heavy atom. The first kappa shape index (κ1) is 21.5. The second-order valence-electron chi connectivity index (χ2n) is 6.23. The van der Waals surface area contributed by atoms with Crippen molar-refractivity contribution in [3.05, 3.63) is 64.9 Å². The number of benzene rings is 2. The monoisotopic (exact) mass is 497 g/mol. The van der Waals surface area contributed by atoms with Crippen LogP contribution in [0.1, 0.15) is 17.8 Å². The number of hydrogen-bond acceptors (Lipinski definition) is 2. The van der Waals surface area contributed by atoms with Gasteiger partial charge in [0.1, 0.15) is 5.82 Å². The lowest BCUT2D eigenvalue weighted by Gasteiger charge is -2.22. The molecule has 0 unspecified atom stereocenters. The Balaban J connectivity index is 0.00000261. The molecule has 144 valence electrons. The summed E-state index contributed by atoms with van der Waals surface area (Å²) >= 11 is 6.25. The van der Waals surface area contributed by atoms with Crippen molar-refractivity contribution in [1.29, 1.82) is 0 Å². The van der Waals surface area contributed by atoms with Crippen molar-refractivity contribution in [2.45, 2.75) is 19.4 Å². The number of aromatic amines is 1. The molecule has 0 atom stereocenters. The second-order valence-corrected chi connectivity index (χ2v) is 6.63. The molecule has 27 heavy (non-hydrogen) atoms. The van der Waals surface area contributed by atoms with Crippen molar-refractivity contribution in [3.8, 4) is 0 Å². The van der Waals surface area contributed by atoms with Gasteiger partial charge in [-0.05, 0) is 30.2 Å². The first-order valence-corrected chi connectivity index (χ1v) is 9.14. The number of aliphatic imine (C=N–C) groups is 1. The molecule has 0 aliphatic rings. The van der Waals surface area contributed by atoms with Crippen LogP contribution in [0.5, 0.6) is 0 Å². The summed E-state index contributed by atoms with van der Waals surface area (Å²) in [6, 6.07) is 16.0. The molecule has 0 radical (unpaired) electrons. The molecular weight excluding hydrogens is 473 g/mol. The average molecular weight is 498 g/mol. The van der Waals surface area contributed by atoms with Crippen LogP contribution in [0, 0.1) is 0 Å². The van der Waals surface area contributed by atoms with E-state index in [1.807, 2.05) is 49.5 Å². The number of aryl methyl sites for hydroxylation is 1. The molecule has 0 fully saturated rings. The van der Waals surface area contributed by atoms with Crippen LogP contribution in [0.3, 0.4) is 0 Å². The molecule has 0 amide bonds. The Morgan fingerprint density at radius 3 is 2.67 bits per heavy atom. The molecule has 0 aliphatic carbocycles. The van der Waals surface area contributed by atoms with Crippen molar-refractivity contribution in [2.75, 3.05) is 20.6 Å². The number of hydrogen-bond donors (Lipinski definition) is 2. The van der Waals surface area contributed by atoms with Gasteiger partial charge in [-0.15, -0.1) is 24.0 Å². The lowest BCUT2D eigenvalue weighted by Crippen LogP contribution is -2.39. The number of fused-ring (bicyclic) bond motifs is 1. The van der Waals surface area contributed by atoms with E-state index in [0.717, 1.165) is 52.8 Å². The van der Waals surface area contributed by atoms with E-state index in [0.29, 0.717) is 6.54 Å².